The molecule has 0 radical (unpaired) electrons. The van der Waals surface area contributed by atoms with Gasteiger partial charge < -0.3 is 10.6 Å². The minimum atomic E-state index is 0.00567. The molecule has 0 bridgehead atoms. The summed E-state index contributed by atoms with van der Waals surface area (Å²) in [6.07, 6.45) is 5.15. The van der Waals surface area contributed by atoms with Crippen LogP contribution in [0.1, 0.15) is 39.5 Å². The van der Waals surface area contributed by atoms with Crippen molar-refractivity contribution < 1.29 is 4.79 Å². The van der Waals surface area contributed by atoms with Crippen LogP contribution in [0, 0.1) is 5.41 Å². The first-order chi connectivity index (χ1) is 8.56. The van der Waals surface area contributed by atoms with Crippen LogP contribution < -0.4 is 10.6 Å². The molecule has 4 heteroatoms. The van der Waals surface area contributed by atoms with Gasteiger partial charge in [-0.1, -0.05) is 26.7 Å². The van der Waals surface area contributed by atoms with Crippen LogP contribution in [0.5, 0.6) is 0 Å². The first kappa shape index (κ1) is 13.8. The molecule has 2 unspecified atom stereocenters. The SMILES string of the molecule is CNC(=O)C1CNCCN1C1CCCCC1(C)C. The molecule has 2 rings (SSSR count). The average Bonchev–Trinajstić information content (AvgIpc) is 2.37. The molecule has 2 fully saturated rings. The summed E-state index contributed by atoms with van der Waals surface area (Å²) in [4.78, 5) is 14.5. The highest BCUT2D eigenvalue weighted by atomic mass is 16.2. The van der Waals surface area contributed by atoms with E-state index in [2.05, 4.69) is 29.4 Å². The van der Waals surface area contributed by atoms with Gasteiger partial charge in [-0.05, 0) is 18.3 Å². The van der Waals surface area contributed by atoms with Gasteiger partial charge in [0.2, 0.25) is 5.91 Å². The number of hydrogen-bond acceptors (Lipinski definition) is 3. The second-order valence-corrected chi connectivity index (χ2v) is 6.32. The Hall–Kier alpha value is -0.610. The van der Waals surface area contributed by atoms with Gasteiger partial charge in [-0.15, -0.1) is 0 Å². The highest BCUT2D eigenvalue weighted by Gasteiger charge is 2.41. The molecule has 0 spiro atoms. The van der Waals surface area contributed by atoms with E-state index in [0.717, 1.165) is 19.6 Å². The summed E-state index contributed by atoms with van der Waals surface area (Å²) in [5.41, 5.74) is 0.335. The van der Waals surface area contributed by atoms with E-state index in [1.165, 1.54) is 25.7 Å². The fourth-order valence-corrected chi connectivity index (χ4v) is 3.59. The van der Waals surface area contributed by atoms with E-state index in [0.29, 0.717) is 11.5 Å². The van der Waals surface area contributed by atoms with Gasteiger partial charge in [-0.3, -0.25) is 9.69 Å². The Morgan fingerprint density at radius 2 is 2.17 bits per heavy atom. The molecule has 0 aromatic heterocycles. The number of nitrogens with one attached hydrogen (secondary N) is 2. The zero-order chi connectivity index (χ0) is 13.2. The lowest BCUT2D eigenvalue weighted by Crippen LogP contribution is -2.63. The van der Waals surface area contributed by atoms with Crippen LogP contribution >= 0.6 is 0 Å². The normalized spacial score (nSPS) is 33.1. The second kappa shape index (κ2) is 5.57. The van der Waals surface area contributed by atoms with Gasteiger partial charge in [-0.2, -0.15) is 0 Å². The number of hydrogen-bond donors (Lipinski definition) is 2. The van der Waals surface area contributed by atoms with E-state index < -0.39 is 0 Å². The first-order valence-corrected chi connectivity index (χ1v) is 7.24. The van der Waals surface area contributed by atoms with Gasteiger partial charge in [0.25, 0.3) is 0 Å². The molecule has 1 saturated heterocycles. The largest absolute Gasteiger partial charge is 0.358 e. The molecular weight excluding hydrogens is 226 g/mol. The molecule has 0 aromatic rings. The van der Waals surface area contributed by atoms with Gasteiger partial charge in [0.05, 0.1) is 0 Å². The van der Waals surface area contributed by atoms with Crippen molar-refractivity contribution in [2.24, 2.45) is 5.41 Å². The molecule has 104 valence electrons. The molecule has 1 aliphatic carbocycles. The minimum Gasteiger partial charge on any atom is -0.358 e. The fourth-order valence-electron chi connectivity index (χ4n) is 3.59. The van der Waals surface area contributed by atoms with Crippen molar-refractivity contribution >= 4 is 5.91 Å². The molecule has 4 nitrogen and oxygen atoms in total. The van der Waals surface area contributed by atoms with Gasteiger partial charge in [0.1, 0.15) is 6.04 Å². The van der Waals surface area contributed by atoms with Gasteiger partial charge >= 0.3 is 0 Å². The van der Waals surface area contributed by atoms with Crippen molar-refractivity contribution in [1.29, 1.82) is 0 Å². The smallest absolute Gasteiger partial charge is 0.238 e. The maximum atomic E-state index is 12.0. The number of likely N-dealkylation sites (N-methyl/N-ethyl adjacent to an activating group) is 1. The molecular formula is C14H27N3O. The maximum absolute atomic E-state index is 12.0. The van der Waals surface area contributed by atoms with Crippen molar-refractivity contribution in [1.82, 2.24) is 15.5 Å². The van der Waals surface area contributed by atoms with Gasteiger partial charge in [0.15, 0.2) is 0 Å². The predicted molar refractivity (Wildman–Crippen MR) is 73.5 cm³/mol. The zero-order valence-electron chi connectivity index (χ0n) is 12.0. The van der Waals surface area contributed by atoms with Gasteiger partial charge in [-0.25, -0.2) is 0 Å². The van der Waals surface area contributed by atoms with E-state index in [1.807, 2.05) is 0 Å². The molecule has 2 atom stereocenters. The highest BCUT2D eigenvalue weighted by molar-refractivity contribution is 5.81. The number of carbonyl (C=O) groups excluding carboxylic acids is 1. The topological polar surface area (TPSA) is 44.4 Å². The van der Waals surface area contributed by atoms with Crippen molar-refractivity contribution in [2.75, 3.05) is 26.7 Å². The van der Waals surface area contributed by atoms with Crippen LogP contribution in [-0.2, 0) is 4.79 Å². The molecule has 1 aliphatic heterocycles. The summed E-state index contributed by atoms with van der Waals surface area (Å²) in [6.45, 7) is 7.50. The third-order valence-corrected chi connectivity index (χ3v) is 4.68. The maximum Gasteiger partial charge on any atom is 0.238 e. The monoisotopic (exact) mass is 253 g/mol. The van der Waals surface area contributed by atoms with Crippen molar-refractivity contribution in [3.8, 4) is 0 Å². The predicted octanol–water partition coefficient (Wildman–Crippen LogP) is 0.975. The Balaban J connectivity index is 2.14. The number of nitrogens with zero attached hydrogens (tertiary/aromatic N) is 1. The fraction of sp³-hybridized carbons (Fsp3) is 0.929. The van der Waals surface area contributed by atoms with Gasteiger partial charge in [0, 0.05) is 32.7 Å². The third-order valence-electron chi connectivity index (χ3n) is 4.68. The Kier molecular flexibility index (Phi) is 4.28. The Morgan fingerprint density at radius 3 is 2.83 bits per heavy atom. The summed E-state index contributed by atoms with van der Waals surface area (Å²) in [6, 6.07) is 0.557. The number of rotatable bonds is 2. The van der Waals surface area contributed by atoms with E-state index in [9.17, 15) is 4.79 Å². The highest BCUT2D eigenvalue weighted by Crippen LogP contribution is 2.39. The standard InChI is InChI=1S/C14H27N3O/c1-14(2)7-5-4-6-12(14)17-9-8-16-10-11(17)13(18)15-3/h11-12,16H,4-10H2,1-3H3,(H,15,18). The van der Waals surface area contributed by atoms with Crippen LogP contribution in [0.2, 0.25) is 0 Å². The van der Waals surface area contributed by atoms with E-state index >= 15 is 0 Å². The molecule has 2 aliphatic rings. The number of piperazine rings is 1. The van der Waals surface area contributed by atoms with Crippen molar-refractivity contribution in [3.63, 3.8) is 0 Å². The average molecular weight is 253 g/mol. The van der Waals surface area contributed by atoms with Crippen LogP contribution in [0.4, 0.5) is 0 Å². The van der Waals surface area contributed by atoms with E-state index in [-0.39, 0.29) is 11.9 Å². The van der Waals surface area contributed by atoms with E-state index in [1.54, 1.807) is 7.05 Å². The lowest BCUT2D eigenvalue weighted by Gasteiger charge is -2.49. The molecule has 1 amide bonds. The second-order valence-electron chi connectivity index (χ2n) is 6.32. The Labute approximate surface area is 110 Å². The summed E-state index contributed by atoms with van der Waals surface area (Å²) >= 11 is 0. The van der Waals surface area contributed by atoms with Crippen LogP contribution in [-0.4, -0.2) is 49.6 Å². The molecule has 2 N–H and O–H groups in total. The van der Waals surface area contributed by atoms with Crippen molar-refractivity contribution in [2.45, 2.75) is 51.6 Å². The van der Waals surface area contributed by atoms with Crippen LogP contribution in [0.3, 0.4) is 0 Å². The van der Waals surface area contributed by atoms with Crippen LogP contribution in [0.15, 0.2) is 0 Å². The summed E-state index contributed by atoms with van der Waals surface area (Å²) in [7, 11) is 1.74. The summed E-state index contributed by atoms with van der Waals surface area (Å²) < 4.78 is 0. The van der Waals surface area contributed by atoms with E-state index in [4.69, 9.17) is 0 Å². The lowest BCUT2D eigenvalue weighted by molar-refractivity contribution is -0.129. The van der Waals surface area contributed by atoms with Crippen molar-refractivity contribution in [3.05, 3.63) is 0 Å². The molecule has 0 aromatic carbocycles. The third kappa shape index (κ3) is 2.69. The molecule has 18 heavy (non-hydrogen) atoms. The zero-order valence-corrected chi connectivity index (χ0v) is 12.0. The summed E-state index contributed by atoms with van der Waals surface area (Å²) in [5, 5.41) is 6.15. The molecule has 1 saturated carbocycles. The lowest BCUT2D eigenvalue weighted by atomic mass is 9.72. The number of amides is 1. The minimum absolute atomic E-state index is 0.00567. The summed E-state index contributed by atoms with van der Waals surface area (Å²) in [5.74, 6) is 0.156. The quantitative estimate of drug-likeness (QED) is 0.771. The Bertz CT molecular complexity index is 303. The Morgan fingerprint density at radius 1 is 1.39 bits per heavy atom. The van der Waals surface area contributed by atoms with Crippen LogP contribution in [0.25, 0.3) is 0 Å². The number of carbonyl (C=O) groups is 1. The first-order valence-electron chi connectivity index (χ1n) is 7.24. The molecule has 1 heterocycles.